The zero-order chi connectivity index (χ0) is 12.8. The number of rotatable bonds is 4. The topological polar surface area (TPSA) is 24.5 Å². The van der Waals surface area contributed by atoms with Gasteiger partial charge in [0, 0.05) is 25.2 Å². The Hall–Kier alpha value is -0.120. The van der Waals surface area contributed by atoms with Gasteiger partial charge in [0.15, 0.2) is 0 Å². The van der Waals surface area contributed by atoms with Crippen molar-refractivity contribution in [1.82, 2.24) is 10.2 Å². The van der Waals surface area contributed by atoms with Crippen LogP contribution in [0.3, 0.4) is 0 Å². The Bertz CT molecular complexity index is 233. The highest BCUT2D eigenvalue weighted by atomic mass is 16.5. The van der Waals surface area contributed by atoms with Gasteiger partial charge in [-0.2, -0.15) is 0 Å². The molecule has 1 aliphatic carbocycles. The molecule has 3 unspecified atom stereocenters. The summed E-state index contributed by atoms with van der Waals surface area (Å²) in [5.41, 5.74) is 0. The minimum atomic E-state index is 0.476. The van der Waals surface area contributed by atoms with Crippen LogP contribution in [0.2, 0.25) is 0 Å². The van der Waals surface area contributed by atoms with Crippen molar-refractivity contribution < 1.29 is 4.74 Å². The second-order valence-electron chi connectivity index (χ2n) is 5.82. The molecule has 0 bridgehead atoms. The molecule has 106 valence electrons. The van der Waals surface area contributed by atoms with Crippen molar-refractivity contribution in [2.24, 2.45) is 0 Å². The number of hydrogen-bond donors (Lipinski definition) is 1. The molecular formula is C15H30N2O. The predicted molar refractivity (Wildman–Crippen MR) is 75.9 cm³/mol. The fraction of sp³-hybridized carbons (Fsp3) is 1.00. The number of nitrogens with one attached hydrogen (secondary N) is 1. The third-order valence-corrected chi connectivity index (χ3v) is 4.63. The average molecular weight is 254 g/mol. The van der Waals surface area contributed by atoms with E-state index in [-0.39, 0.29) is 0 Å². The SMILES string of the molecule is CCOC1CCCN(C2CCCCCC2NC)C1. The lowest BCUT2D eigenvalue weighted by atomic mass is 9.97. The van der Waals surface area contributed by atoms with E-state index in [2.05, 4.69) is 24.2 Å². The lowest BCUT2D eigenvalue weighted by Crippen LogP contribution is -2.53. The monoisotopic (exact) mass is 254 g/mol. The van der Waals surface area contributed by atoms with Crippen molar-refractivity contribution >= 4 is 0 Å². The molecule has 0 aromatic rings. The maximum absolute atomic E-state index is 5.84. The average Bonchev–Trinajstić information content (AvgIpc) is 2.64. The van der Waals surface area contributed by atoms with Crippen LogP contribution in [0.15, 0.2) is 0 Å². The van der Waals surface area contributed by atoms with Crippen LogP contribution in [0.4, 0.5) is 0 Å². The molecule has 0 aromatic heterocycles. The predicted octanol–water partition coefficient (Wildman–Crippen LogP) is 2.41. The first-order chi connectivity index (χ1) is 8.85. The van der Waals surface area contributed by atoms with Crippen LogP contribution in [0.1, 0.15) is 51.9 Å². The number of hydrogen-bond acceptors (Lipinski definition) is 3. The standard InChI is InChI=1S/C15H30N2O/c1-3-18-13-8-7-11-17(12-13)15-10-6-4-5-9-14(15)16-2/h13-16H,3-12H2,1-2H3. The van der Waals surface area contributed by atoms with Crippen molar-refractivity contribution in [2.75, 3.05) is 26.7 Å². The summed E-state index contributed by atoms with van der Waals surface area (Å²) < 4.78 is 5.84. The molecule has 1 saturated carbocycles. The van der Waals surface area contributed by atoms with Crippen molar-refractivity contribution in [3.8, 4) is 0 Å². The maximum Gasteiger partial charge on any atom is 0.0702 e. The van der Waals surface area contributed by atoms with E-state index in [0.717, 1.165) is 19.2 Å². The van der Waals surface area contributed by atoms with E-state index in [1.165, 1.54) is 51.5 Å². The van der Waals surface area contributed by atoms with Crippen LogP contribution >= 0.6 is 0 Å². The Kier molecular flexibility index (Phi) is 5.93. The third kappa shape index (κ3) is 3.69. The minimum absolute atomic E-state index is 0.476. The summed E-state index contributed by atoms with van der Waals surface area (Å²) in [6.45, 7) is 5.39. The first-order valence-corrected chi connectivity index (χ1v) is 7.88. The molecule has 18 heavy (non-hydrogen) atoms. The minimum Gasteiger partial charge on any atom is -0.377 e. The number of ether oxygens (including phenoxy) is 1. The van der Waals surface area contributed by atoms with Gasteiger partial charge in [-0.05, 0) is 46.2 Å². The van der Waals surface area contributed by atoms with Gasteiger partial charge in [-0.25, -0.2) is 0 Å². The zero-order valence-electron chi connectivity index (χ0n) is 12.2. The second kappa shape index (κ2) is 7.46. The molecule has 0 amide bonds. The first kappa shape index (κ1) is 14.3. The van der Waals surface area contributed by atoms with Crippen LogP contribution in [-0.2, 0) is 4.74 Å². The molecule has 0 radical (unpaired) electrons. The van der Waals surface area contributed by atoms with Gasteiger partial charge in [0.05, 0.1) is 6.10 Å². The number of likely N-dealkylation sites (N-methyl/N-ethyl adjacent to an activating group) is 1. The third-order valence-electron chi connectivity index (χ3n) is 4.63. The summed E-state index contributed by atoms with van der Waals surface area (Å²) in [4.78, 5) is 2.70. The number of likely N-dealkylation sites (tertiary alicyclic amines) is 1. The van der Waals surface area contributed by atoms with Gasteiger partial charge in [-0.15, -0.1) is 0 Å². The molecule has 2 aliphatic rings. The van der Waals surface area contributed by atoms with Crippen LogP contribution in [0.25, 0.3) is 0 Å². The van der Waals surface area contributed by atoms with Crippen molar-refractivity contribution in [3.05, 3.63) is 0 Å². The first-order valence-electron chi connectivity index (χ1n) is 7.88. The van der Waals surface area contributed by atoms with Crippen LogP contribution in [0, 0.1) is 0 Å². The van der Waals surface area contributed by atoms with E-state index in [1.807, 2.05) is 0 Å². The van der Waals surface area contributed by atoms with Crippen LogP contribution in [0.5, 0.6) is 0 Å². The van der Waals surface area contributed by atoms with Crippen molar-refractivity contribution in [3.63, 3.8) is 0 Å². The zero-order valence-corrected chi connectivity index (χ0v) is 12.2. The summed E-state index contributed by atoms with van der Waals surface area (Å²) in [6.07, 6.45) is 9.95. The van der Waals surface area contributed by atoms with E-state index in [4.69, 9.17) is 4.74 Å². The van der Waals surface area contributed by atoms with E-state index in [9.17, 15) is 0 Å². The Labute approximate surface area is 112 Å². The largest absolute Gasteiger partial charge is 0.377 e. The molecular weight excluding hydrogens is 224 g/mol. The summed E-state index contributed by atoms with van der Waals surface area (Å²) in [7, 11) is 2.13. The van der Waals surface area contributed by atoms with Gasteiger partial charge in [-0.3, -0.25) is 4.90 Å². The molecule has 0 spiro atoms. The molecule has 1 N–H and O–H groups in total. The molecule has 2 fully saturated rings. The van der Waals surface area contributed by atoms with Gasteiger partial charge in [0.25, 0.3) is 0 Å². The van der Waals surface area contributed by atoms with E-state index < -0.39 is 0 Å². The summed E-state index contributed by atoms with van der Waals surface area (Å²) >= 11 is 0. The highest BCUT2D eigenvalue weighted by Crippen LogP contribution is 2.25. The van der Waals surface area contributed by atoms with Gasteiger partial charge < -0.3 is 10.1 Å². The van der Waals surface area contributed by atoms with Crippen LogP contribution < -0.4 is 5.32 Å². The molecule has 2 rings (SSSR count). The summed E-state index contributed by atoms with van der Waals surface area (Å²) in [6, 6.07) is 1.42. The lowest BCUT2D eigenvalue weighted by Gasteiger charge is -2.41. The van der Waals surface area contributed by atoms with Gasteiger partial charge in [-0.1, -0.05) is 19.3 Å². The molecule has 1 aliphatic heterocycles. The maximum atomic E-state index is 5.84. The van der Waals surface area contributed by atoms with Crippen molar-refractivity contribution in [1.29, 1.82) is 0 Å². The molecule has 1 heterocycles. The molecule has 3 nitrogen and oxygen atoms in total. The fourth-order valence-electron chi connectivity index (χ4n) is 3.70. The van der Waals surface area contributed by atoms with E-state index >= 15 is 0 Å². The Morgan fingerprint density at radius 3 is 2.72 bits per heavy atom. The van der Waals surface area contributed by atoms with Crippen LogP contribution in [-0.4, -0.2) is 49.8 Å². The summed E-state index contributed by atoms with van der Waals surface area (Å²) in [5, 5.41) is 3.56. The molecule has 1 saturated heterocycles. The number of piperidine rings is 1. The van der Waals surface area contributed by atoms with Crippen molar-refractivity contribution in [2.45, 2.75) is 70.1 Å². The van der Waals surface area contributed by atoms with Gasteiger partial charge in [0.1, 0.15) is 0 Å². The highest BCUT2D eigenvalue weighted by Gasteiger charge is 2.31. The normalized spacial score (nSPS) is 35.3. The van der Waals surface area contributed by atoms with Gasteiger partial charge >= 0.3 is 0 Å². The van der Waals surface area contributed by atoms with E-state index in [0.29, 0.717) is 12.1 Å². The Morgan fingerprint density at radius 2 is 1.94 bits per heavy atom. The quantitative estimate of drug-likeness (QED) is 0.780. The highest BCUT2D eigenvalue weighted by molar-refractivity contribution is 4.89. The molecule has 0 aromatic carbocycles. The molecule has 3 heteroatoms. The second-order valence-corrected chi connectivity index (χ2v) is 5.82. The fourth-order valence-corrected chi connectivity index (χ4v) is 3.70. The molecule has 3 atom stereocenters. The lowest BCUT2D eigenvalue weighted by molar-refractivity contribution is -0.0134. The smallest absolute Gasteiger partial charge is 0.0702 e. The number of nitrogens with zero attached hydrogens (tertiary/aromatic N) is 1. The summed E-state index contributed by atoms with van der Waals surface area (Å²) in [5.74, 6) is 0. The Balaban J connectivity index is 1.94. The van der Waals surface area contributed by atoms with Gasteiger partial charge in [0.2, 0.25) is 0 Å². The van der Waals surface area contributed by atoms with E-state index in [1.54, 1.807) is 0 Å². The Morgan fingerprint density at radius 1 is 1.11 bits per heavy atom.